The fraction of sp³-hybridized carbons (Fsp3) is 0.227. The Bertz CT molecular complexity index is 1030. The summed E-state index contributed by atoms with van der Waals surface area (Å²) in [4.78, 5) is 15.9. The lowest BCUT2D eigenvalue weighted by molar-refractivity contribution is 0.0696. The van der Waals surface area contributed by atoms with Crippen LogP contribution >= 0.6 is 11.3 Å². The van der Waals surface area contributed by atoms with Gasteiger partial charge in [-0.25, -0.2) is 8.78 Å². The van der Waals surface area contributed by atoms with E-state index in [0.29, 0.717) is 24.5 Å². The van der Waals surface area contributed by atoms with E-state index in [-0.39, 0.29) is 11.6 Å². The molecular formula is C22H19F2NO3S. The highest BCUT2D eigenvalue weighted by molar-refractivity contribution is 7.10. The molecule has 0 saturated carbocycles. The third-order valence-corrected chi connectivity index (χ3v) is 5.98. The van der Waals surface area contributed by atoms with E-state index in [0.717, 1.165) is 34.2 Å². The van der Waals surface area contributed by atoms with Crippen LogP contribution in [-0.4, -0.2) is 31.6 Å². The summed E-state index contributed by atoms with van der Waals surface area (Å²) >= 11 is 1.52. The van der Waals surface area contributed by atoms with E-state index >= 15 is 0 Å². The van der Waals surface area contributed by atoms with E-state index in [2.05, 4.69) is 0 Å². The Hall–Kier alpha value is -2.93. The topological polar surface area (TPSA) is 38.8 Å². The van der Waals surface area contributed by atoms with Crippen LogP contribution in [0.15, 0.2) is 47.8 Å². The quantitative estimate of drug-likeness (QED) is 0.613. The molecular weight excluding hydrogens is 396 g/mol. The summed E-state index contributed by atoms with van der Waals surface area (Å²) in [6, 6.07) is 10.2. The molecule has 1 unspecified atom stereocenters. The van der Waals surface area contributed by atoms with Gasteiger partial charge in [-0.05, 0) is 53.3 Å². The first kappa shape index (κ1) is 19.4. The number of rotatable bonds is 4. The Morgan fingerprint density at radius 1 is 1.07 bits per heavy atom. The number of halogens is 2. The second-order valence-corrected chi connectivity index (χ2v) is 7.71. The van der Waals surface area contributed by atoms with Crippen molar-refractivity contribution in [3.8, 4) is 11.5 Å². The second-order valence-electron chi connectivity index (χ2n) is 6.73. The molecule has 7 heteroatoms. The first-order valence-corrected chi connectivity index (χ1v) is 9.95. The third-order valence-electron chi connectivity index (χ3n) is 5.06. The van der Waals surface area contributed by atoms with Gasteiger partial charge in [0.2, 0.25) is 0 Å². The Balaban J connectivity index is 1.82. The maximum Gasteiger partial charge on any atom is 0.254 e. The Morgan fingerprint density at radius 2 is 1.76 bits per heavy atom. The molecule has 0 radical (unpaired) electrons. The fourth-order valence-electron chi connectivity index (χ4n) is 3.76. The van der Waals surface area contributed by atoms with Crippen molar-refractivity contribution in [2.24, 2.45) is 0 Å². The highest BCUT2D eigenvalue weighted by Crippen LogP contribution is 2.42. The molecule has 29 heavy (non-hydrogen) atoms. The van der Waals surface area contributed by atoms with Gasteiger partial charge in [0.05, 0.1) is 20.3 Å². The van der Waals surface area contributed by atoms with Gasteiger partial charge in [-0.3, -0.25) is 4.79 Å². The number of carbonyl (C=O) groups is 1. The summed E-state index contributed by atoms with van der Waals surface area (Å²) in [5, 5.41) is 1.94. The summed E-state index contributed by atoms with van der Waals surface area (Å²) < 4.78 is 38.3. The third kappa shape index (κ3) is 3.58. The van der Waals surface area contributed by atoms with Crippen molar-refractivity contribution < 1.29 is 23.0 Å². The number of thiophene rings is 1. The SMILES string of the molecule is COc1cc2c(cc1OC)C(c1cccs1)N(C(=O)c1cc(F)cc(F)c1)CC2. The van der Waals surface area contributed by atoms with Crippen molar-refractivity contribution in [3.63, 3.8) is 0 Å². The highest BCUT2D eigenvalue weighted by atomic mass is 32.1. The maximum absolute atomic E-state index is 13.7. The van der Waals surface area contributed by atoms with Crippen LogP contribution in [-0.2, 0) is 6.42 Å². The van der Waals surface area contributed by atoms with E-state index < -0.39 is 17.5 Å². The molecule has 1 atom stereocenters. The summed E-state index contributed by atoms with van der Waals surface area (Å²) in [5.74, 6) is -0.765. The number of ether oxygens (including phenoxy) is 2. The number of fused-ring (bicyclic) bond motifs is 1. The summed E-state index contributed by atoms with van der Waals surface area (Å²) in [7, 11) is 3.14. The molecule has 0 aliphatic carbocycles. The molecule has 150 valence electrons. The lowest BCUT2D eigenvalue weighted by atomic mass is 9.90. The second kappa shape index (κ2) is 7.83. The van der Waals surface area contributed by atoms with Gasteiger partial charge in [-0.1, -0.05) is 6.07 Å². The lowest BCUT2D eigenvalue weighted by Gasteiger charge is -2.37. The van der Waals surface area contributed by atoms with Crippen LogP contribution < -0.4 is 9.47 Å². The normalized spacial score (nSPS) is 15.7. The molecule has 0 bridgehead atoms. The number of nitrogens with zero attached hydrogens (tertiary/aromatic N) is 1. The minimum atomic E-state index is -0.773. The van der Waals surface area contributed by atoms with Crippen molar-refractivity contribution in [1.82, 2.24) is 4.90 Å². The van der Waals surface area contributed by atoms with Crippen LogP contribution in [0.2, 0.25) is 0 Å². The first-order valence-electron chi connectivity index (χ1n) is 9.07. The van der Waals surface area contributed by atoms with Crippen LogP contribution in [0.4, 0.5) is 8.78 Å². The maximum atomic E-state index is 13.7. The minimum absolute atomic E-state index is 0.00650. The van der Waals surface area contributed by atoms with Gasteiger partial charge in [0, 0.05) is 23.1 Å². The number of benzene rings is 2. The summed E-state index contributed by atoms with van der Waals surface area (Å²) in [5.41, 5.74) is 1.96. The highest BCUT2D eigenvalue weighted by Gasteiger charge is 2.34. The molecule has 0 spiro atoms. The van der Waals surface area contributed by atoms with Crippen molar-refractivity contribution >= 4 is 17.2 Å². The van der Waals surface area contributed by atoms with Crippen molar-refractivity contribution in [1.29, 1.82) is 0 Å². The van der Waals surface area contributed by atoms with Crippen LogP contribution in [0, 0.1) is 11.6 Å². The zero-order chi connectivity index (χ0) is 20.5. The zero-order valence-corrected chi connectivity index (χ0v) is 16.8. The largest absolute Gasteiger partial charge is 0.493 e. The predicted molar refractivity (Wildman–Crippen MR) is 107 cm³/mol. The molecule has 4 rings (SSSR count). The smallest absolute Gasteiger partial charge is 0.254 e. The van der Waals surface area contributed by atoms with Crippen LogP contribution in [0.25, 0.3) is 0 Å². The van der Waals surface area contributed by atoms with E-state index in [1.807, 2.05) is 29.6 Å². The monoisotopic (exact) mass is 415 g/mol. The Kier molecular flexibility index (Phi) is 5.24. The number of carbonyl (C=O) groups excluding carboxylic acids is 1. The standard InChI is InChI=1S/C22H19F2NO3S/c1-27-18-10-13-5-6-25(22(26)14-8-15(23)11-16(24)9-14)21(20-4-3-7-29-20)17(13)12-19(18)28-2/h3-4,7-12,21H,5-6H2,1-2H3. The predicted octanol–water partition coefficient (Wildman–Crippen LogP) is 4.83. The van der Waals surface area contributed by atoms with E-state index in [1.54, 1.807) is 19.1 Å². The number of methoxy groups -OCH3 is 2. The Labute approximate surface area is 171 Å². The van der Waals surface area contributed by atoms with Crippen LogP contribution in [0.3, 0.4) is 0 Å². The van der Waals surface area contributed by atoms with Crippen molar-refractivity contribution in [2.45, 2.75) is 12.5 Å². The molecule has 0 saturated heterocycles. The summed E-state index contributed by atoms with van der Waals surface area (Å²) in [6.07, 6.45) is 0.598. The van der Waals surface area contributed by atoms with Crippen molar-refractivity contribution in [2.75, 3.05) is 20.8 Å². The first-order chi connectivity index (χ1) is 14.0. The number of amides is 1. The molecule has 2 aromatic carbocycles. The zero-order valence-electron chi connectivity index (χ0n) is 15.9. The van der Waals surface area contributed by atoms with E-state index in [9.17, 15) is 13.6 Å². The van der Waals surface area contributed by atoms with Crippen molar-refractivity contribution in [3.05, 3.63) is 81.0 Å². The molecule has 0 N–H and O–H groups in total. The fourth-order valence-corrected chi connectivity index (χ4v) is 4.62. The van der Waals surface area contributed by atoms with Crippen LogP contribution in [0.5, 0.6) is 11.5 Å². The molecule has 1 aliphatic rings. The molecule has 2 heterocycles. The molecule has 1 aliphatic heterocycles. The molecule has 1 amide bonds. The van der Waals surface area contributed by atoms with Gasteiger partial charge < -0.3 is 14.4 Å². The Morgan fingerprint density at radius 3 is 2.38 bits per heavy atom. The average molecular weight is 415 g/mol. The lowest BCUT2D eigenvalue weighted by Crippen LogP contribution is -2.40. The van der Waals surface area contributed by atoms with Gasteiger partial charge in [-0.15, -0.1) is 11.3 Å². The van der Waals surface area contributed by atoms with Gasteiger partial charge >= 0.3 is 0 Å². The van der Waals surface area contributed by atoms with Crippen LogP contribution in [0.1, 0.15) is 32.4 Å². The van der Waals surface area contributed by atoms with Gasteiger partial charge in [0.25, 0.3) is 5.91 Å². The summed E-state index contributed by atoms with van der Waals surface area (Å²) in [6.45, 7) is 0.419. The number of hydrogen-bond donors (Lipinski definition) is 0. The van der Waals surface area contributed by atoms with E-state index in [1.165, 1.54) is 11.3 Å². The van der Waals surface area contributed by atoms with Gasteiger partial charge in [0.15, 0.2) is 11.5 Å². The molecule has 3 aromatic rings. The number of hydrogen-bond acceptors (Lipinski definition) is 4. The minimum Gasteiger partial charge on any atom is -0.493 e. The van der Waals surface area contributed by atoms with Gasteiger partial charge in [0.1, 0.15) is 11.6 Å². The molecule has 4 nitrogen and oxygen atoms in total. The average Bonchev–Trinajstić information content (AvgIpc) is 3.24. The molecule has 1 aromatic heterocycles. The van der Waals surface area contributed by atoms with E-state index in [4.69, 9.17) is 9.47 Å². The van der Waals surface area contributed by atoms with Gasteiger partial charge in [-0.2, -0.15) is 0 Å². The molecule has 0 fully saturated rings.